The van der Waals surface area contributed by atoms with Crippen LogP contribution in [0.3, 0.4) is 0 Å². The Morgan fingerprint density at radius 2 is 0.673 bits per heavy atom. The Balaban J connectivity index is 0.000000148. The molecule has 9 aromatic heterocycles. The number of halogens is 1. The molecule has 3 aliphatic carbocycles. The van der Waals surface area contributed by atoms with Gasteiger partial charge in [-0.25, -0.2) is 52.1 Å². The van der Waals surface area contributed by atoms with Crippen molar-refractivity contribution in [3.05, 3.63) is 200 Å². The summed E-state index contributed by atoms with van der Waals surface area (Å²) in [6.45, 7) is 7.50. The molecule has 2 N–H and O–H groups in total. The highest BCUT2D eigenvalue weighted by molar-refractivity contribution is 7.90. The van der Waals surface area contributed by atoms with Gasteiger partial charge in [-0.2, -0.15) is 15.3 Å². The van der Waals surface area contributed by atoms with Crippen molar-refractivity contribution >= 4 is 81.4 Å². The van der Waals surface area contributed by atoms with Crippen molar-refractivity contribution in [2.24, 2.45) is 21.1 Å². The van der Waals surface area contributed by atoms with Gasteiger partial charge < -0.3 is 20.2 Å². The average molecular weight is 1610 g/mol. The smallest absolute Gasteiger partial charge is 0.269 e. The SMILES string of the molecule is C.C1CCNCC1.CO.Cl.Cn1cc(-c2cn(S(=O)(=O)c3ccccc3)c3ncc(C4CCC(=O)CC4)cc23)cn1.Cn1cc(-c2cn(S(=O)(=O)c3ccccc3)c3ncc(C4CCC(N5CCCCC5)CC4)cc23)cn1.Cn1cc(-c2cn(S(=O)(=O)c3ccccc3)c3ncc(C4CCC(N5CCCCC5)CC4)cc23)cn1. The molecule has 23 nitrogen and oxygen atoms in total. The molecule has 0 amide bonds. The maximum absolute atomic E-state index is 13.6. The average Bonchev–Trinajstić information content (AvgIpc) is 1.60. The summed E-state index contributed by atoms with van der Waals surface area (Å²) in [4.78, 5) is 31.9. The molecule has 27 heteroatoms. The molecule has 113 heavy (non-hydrogen) atoms. The number of ketones is 1. The summed E-state index contributed by atoms with van der Waals surface area (Å²) in [5.41, 5.74) is 9.82. The third-order valence-corrected chi connectivity index (χ3v) is 28.2. The molecule has 3 aliphatic heterocycles. The fourth-order valence-corrected chi connectivity index (χ4v) is 21.2. The number of aliphatic hydroxyl groups excluding tert-OH is 1. The van der Waals surface area contributed by atoms with Crippen LogP contribution >= 0.6 is 12.4 Å². The summed E-state index contributed by atoms with van der Waals surface area (Å²) in [7, 11) is -4.81. The van der Waals surface area contributed by atoms with Gasteiger partial charge in [0, 0.05) is 158 Å². The number of aromatic nitrogens is 12. The van der Waals surface area contributed by atoms with Crippen LogP contribution in [0.1, 0.15) is 177 Å². The van der Waals surface area contributed by atoms with Gasteiger partial charge in [-0.3, -0.25) is 18.8 Å². The van der Waals surface area contributed by atoms with E-state index >= 15 is 0 Å². The van der Waals surface area contributed by atoms with Gasteiger partial charge >= 0.3 is 0 Å². The Kier molecular flexibility index (Phi) is 27.7. The number of carbonyl (C=O) groups excluding carboxylic acids is 1. The Bertz CT molecular complexity index is 5250. The standard InChI is InChI=1S/2C28H33N5O2S.C23H22N4O3S.C5H11N.CH4O.CH4.ClH/c2*1-31-19-23(18-30-31)27-20-33(36(34,35)25-8-4-2-5-9-25)28-26(27)16-22(17-29-28)21-10-12-24(13-11-21)32-14-6-3-7-15-32;1-26-14-18(13-25-26)22-15-27(31(29,30)20-5-3-2-4-6-20)23-21(22)11-17(12-24-23)16-7-9-19(28)10-8-16;1-2-4-6-5-3-1;1-2;;/h2*2,4-5,8-9,16-21,24H,3,6-7,10-15H2,1H3;2-6,11-16H,7-10H2,1H3;6H,1-5H2;2H,1H3;1H4;1H. The maximum atomic E-state index is 13.6. The molecule has 0 unspecified atom stereocenters. The number of aliphatic hydroxyl groups is 1. The number of pyridine rings is 3. The lowest BCUT2D eigenvalue weighted by Crippen LogP contribution is -2.41. The van der Waals surface area contributed by atoms with Crippen LogP contribution in [-0.4, -0.2) is 161 Å². The summed E-state index contributed by atoms with van der Waals surface area (Å²) in [6.07, 6.45) is 46.2. The van der Waals surface area contributed by atoms with E-state index in [1.807, 2.05) is 70.3 Å². The number of rotatable bonds is 14. The van der Waals surface area contributed by atoms with Gasteiger partial charge in [0.2, 0.25) is 0 Å². The molecule has 0 spiro atoms. The Labute approximate surface area is 671 Å². The predicted molar refractivity (Wildman–Crippen MR) is 449 cm³/mol. The molecule has 3 saturated heterocycles. The molecule has 0 radical (unpaired) electrons. The van der Waals surface area contributed by atoms with Crippen LogP contribution < -0.4 is 5.32 Å². The highest BCUT2D eigenvalue weighted by atomic mass is 35.5. The van der Waals surface area contributed by atoms with Gasteiger partial charge in [0.25, 0.3) is 30.1 Å². The van der Waals surface area contributed by atoms with Crippen molar-refractivity contribution in [1.82, 2.24) is 71.3 Å². The zero-order valence-electron chi connectivity index (χ0n) is 64.5. The summed E-state index contributed by atoms with van der Waals surface area (Å²) >= 11 is 0. The van der Waals surface area contributed by atoms with Crippen molar-refractivity contribution in [3.63, 3.8) is 0 Å². The molecule has 3 saturated carbocycles. The Hall–Kier alpha value is -8.99. The van der Waals surface area contributed by atoms with E-state index in [4.69, 9.17) is 15.1 Å². The molecule has 600 valence electrons. The number of benzene rings is 3. The van der Waals surface area contributed by atoms with E-state index in [-0.39, 0.29) is 40.4 Å². The van der Waals surface area contributed by atoms with E-state index in [0.717, 1.165) is 101 Å². The minimum absolute atomic E-state index is 0. The summed E-state index contributed by atoms with van der Waals surface area (Å²) < 4.78 is 90.1. The van der Waals surface area contributed by atoms with Gasteiger partial charge in [0.1, 0.15) is 5.78 Å². The van der Waals surface area contributed by atoms with Crippen LogP contribution in [0, 0.1) is 0 Å². The number of fused-ring (bicyclic) bond motifs is 3. The summed E-state index contributed by atoms with van der Waals surface area (Å²) in [5, 5.41) is 25.7. The van der Waals surface area contributed by atoms with Crippen molar-refractivity contribution in [3.8, 4) is 33.4 Å². The highest BCUT2D eigenvalue weighted by Gasteiger charge is 2.33. The number of nitrogens with one attached hydrogen (secondary N) is 1. The zero-order chi connectivity index (χ0) is 77.2. The first-order valence-electron chi connectivity index (χ1n) is 39.5. The van der Waals surface area contributed by atoms with Crippen molar-refractivity contribution in [2.45, 2.75) is 187 Å². The first kappa shape index (κ1) is 83.4. The third-order valence-electron chi connectivity index (χ3n) is 23.2. The van der Waals surface area contributed by atoms with Crippen molar-refractivity contribution < 1.29 is 35.2 Å². The van der Waals surface area contributed by atoms with Gasteiger partial charge in [-0.05, 0) is 231 Å². The number of aryl methyl sites for hydroxylation is 3. The van der Waals surface area contributed by atoms with Gasteiger partial charge in [-0.1, -0.05) is 81.3 Å². The second-order valence-corrected chi connectivity index (χ2v) is 35.9. The predicted octanol–water partition coefficient (Wildman–Crippen LogP) is 15.7. The lowest BCUT2D eigenvalue weighted by Gasteiger charge is -2.39. The summed E-state index contributed by atoms with van der Waals surface area (Å²) in [5.74, 6) is 1.48. The number of hydrogen-bond donors (Lipinski definition) is 2. The van der Waals surface area contributed by atoms with Crippen LogP contribution in [0.25, 0.3) is 66.5 Å². The molecule has 6 aliphatic rings. The van der Waals surface area contributed by atoms with Gasteiger partial charge in [0.05, 0.1) is 33.3 Å². The molecular weight excluding hydrogens is 1500 g/mol. The van der Waals surface area contributed by atoms with Crippen LogP contribution in [0.4, 0.5) is 0 Å². The second kappa shape index (κ2) is 37.5. The number of Topliss-reactive ketones (excluding diaryl/α,β-unsaturated/α-hetero) is 1. The molecular formula is C86H108ClN15O8S3. The van der Waals surface area contributed by atoms with E-state index < -0.39 is 30.1 Å². The highest BCUT2D eigenvalue weighted by Crippen LogP contribution is 2.43. The first-order chi connectivity index (χ1) is 53.9. The van der Waals surface area contributed by atoms with E-state index in [1.165, 1.54) is 146 Å². The van der Waals surface area contributed by atoms with Crippen LogP contribution in [-0.2, 0) is 56.0 Å². The van der Waals surface area contributed by atoms with Crippen molar-refractivity contribution in [2.75, 3.05) is 46.4 Å². The zero-order valence-corrected chi connectivity index (χ0v) is 67.8. The van der Waals surface area contributed by atoms with Gasteiger partial charge in [-0.15, -0.1) is 12.4 Å². The second-order valence-electron chi connectivity index (χ2n) is 30.4. The lowest BCUT2D eigenvalue weighted by atomic mass is 9.81. The quantitative estimate of drug-likeness (QED) is 0.102. The van der Waals surface area contributed by atoms with Crippen LogP contribution in [0.15, 0.2) is 198 Å². The Morgan fingerprint density at radius 1 is 0.381 bits per heavy atom. The van der Waals surface area contributed by atoms with E-state index in [2.05, 4.69) is 47.5 Å². The molecule has 12 aromatic rings. The first-order valence-corrected chi connectivity index (χ1v) is 43.8. The number of likely N-dealkylation sites (tertiary alicyclic amines) is 2. The van der Waals surface area contributed by atoms with Crippen LogP contribution in [0.5, 0.6) is 0 Å². The topological polar surface area (TPSA) is 265 Å². The van der Waals surface area contributed by atoms with Crippen molar-refractivity contribution in [1.29, 1.82) is 0 Å². The van der Waals surface area contributed by atoms with E-state index in [0.29, 0.717) is 59.5 Å². The minimum atomic E-state index is -3.81. The lowest BCUT2D eigenvalue weighted by molar-refractivity contribution is -0.120. The molecule has 3 aromatic carbocycles. The number of carbonyl (C=O) groups is 1. The Morgan fingerprint density at radius 3 is 0.938 bits per heavy atom. The normalized spacial score (nSPS) is 19.4. The maximum Gasteiger partial charge on any atom is 0.269 e. The molecule has 6 fully saturated rings. The number of hydrogen-bond acceptors (Lipinski definition) is 17. The van der Waals surface area contributed by atoms with E-state index in [9.17, 15) is 30.0 Å². The fourth-order valence-electron chi connectivity index (χ4n) is 17.2. The number of nitrogens with zero attached hydrogens (tertiary/aromatic N) is 14. The van der Waals surface area contributed by atoms with Crippen LogP contribution in [0.2, 0.25) is 0 Å². The van der Waals surface area contributed by atoms with E-state index in [1.54, 1.807) is 136 Å². The molecule has 0 atom stereocenters. The third kappa shape index (κ3) is 18.7. The van der Waals surface area contributed by atoms with Gasteiger partial charge in [0.15, 0.2) is 16.9 Å². The minimum Gasteiger partial charge on any atom is -0.400 e. The summed E-state index contributed by atoms with van der Waals surface area (Å²) in [6, 6.07) is 33.3. The molecule has 0 bridgehead atoms. The molecule has 12 heterocycles. The largest absolute Gasteiger partial charge is 0.400 e. The molecule has 18 rings (SSSR count). The fraction of sp³-hybridized carbons (Fsp3) is 0.430. The number of piperidine rings is 3. The monoisotopic (exact) mass is 1610 g/mol.